The number of nitrogens with zero attached hydrogens (tertiary/aromatic N) is 4. The molecule has 31 heavy (non-hydrogen) atoms. The topological polar surface area (TPSA) is 81.3 Å². The fourth-order valence-corrected chi connectivity index (χ4v) is 3.47. The second-order valence-corrected chi connectivity index (χ2v) is 7.37. The van der Waals surface area contributed by atoms with Crippen LogP contribution in [-0.4, -0.2) is 25.1 Å². The molecule has 7 nitrogen and oxygen atoms in total. The Morgan fingerprint density at radius 2 is 1.81 bits per heavy atom. The summed E-state index contributed by atoms with van der Waals surface area (Å²) >= 11 is 0. The number of aryl methyl sites for hydroxylation is 1. The first-order valence-electron chi connectivity index (χ1n) is 10.00. The van der Waals surface area contributed by atoms with Gasteiger partial charge in [-0.15, -0.1) is 11.7 Å². The summed E-state index contributed by atoms with van der Waals surface area (Å²) in [6.07, 6.45) is 1.66. The second kappa shape index (κ2) is 8.39. The van der Waals surface area contributed by atoms with E-state index in [0.717, 1.165) is 11.1 Å². The average Bonchev–Trinajstić information content (AvgIpc) is 3.22. The van der Waals surface area contributed by atoms with Crippen molar-refractivity contribution in [1.29, 1.82) is 0 Å². The second-order valence-electron chi connectivity index (χ2n) is 7.37. The van der Waals surface area contributed by atoms with E-state index >= 15 is 0 Å². The van der Waals surface area contributed by atoms with Gasteiger partial charge in [-0.25, -0.2) is 0 Å². The van der Waals surface area contributed by atoms with Crippen molar-refractivity contribution in [3.8, 4) is 11.4 Å². The van der Waals surface area contributed by atoms with E-state index in [1.165, 1.54) is 4.52 Å². The number of allylic oxidation sites excluding steroid dienone is 1. The number of hydrogen-bond donors (Lipinski definition) is 1. The Hall–Kier alpha value is -4.00. The Labute approximate surface area is 179 Å². The summed E-state index contributed by atoms with van der Waals surface area (Å²) in [6.45, 7) is 8.04. The molecular formula is C24H23N5O2. The van der Waals surface area contributed by atoms with Crippen LogP contribution in [0.15, 0.2) is 72.0 Å². The molecule has 0 bridgehead atoms. The van der Waals surface area contributed by atoms with Gasteiger partial charge >= 0.3 is 0 Å². The van der Waals surface area contributed by atoms with Crippen LogP contribution >= 0.6 is 0 Å². The Morgan fingerprint density at radius 1 is 1.10 bits per heavy atom. The summed E-state index contributed by atoms with van der Waals surface area (Å²) in [5.74, 6) is 0.608. The first-order chi connectivity index (χ1) is 15.0. The Morgan fingerprint density at radius 3 is 2.48 bits per heavy atom. The van der Waals surface area contributed by atoms with Gasteiger partial charge in [0.05, 0.1) is 6.42 Å². The van der Waals surface area contributed by atoms with Crippen molar-refractivity contribution in [2.45, 2.75) is 26.8 Å². The predicted octanol–water partition coefficient (Wildman–Crippen LogP) is 3.54. The molecule has 4 rings (SSSR count). The molecule has 0 radical (unpaired) electrons. The van der Waals surface area contributed by atoms with Gasteiger partial charge in [0.1, 0.15) is 0 Å². The number of carbonyl (C=O) groups is 1. The zero-order chi connectivity index (χ0) is 22.0. The van der Waals surface area contributed by atoms with E-state index in [0.29, 0.717) is 35.1 Å². The van der Waals surface area contributed by atoms with Crippen molar-refractivity contribution in [1.82, 2.24) is 19.2 Å². The van der Waals surface area contributed by atoms with Crippen molar-refractivity contribution in [3.05, 3.63) is 94.4 Å². The number of benzene rings is 2. The molecule has 0 spiro atoms. The lowest BCUT2D eigenvalue weighted by atomic mass is 10.1. The van der Waals surface area contributed by atoms with E-state index in [4.69, 9.17) is 0 Å². The molecular weight excluding hydrogens is 390 g/mol. The molecule has 0 aliphatic heterocycles. The standard InChI is InChI=1S/C24H23N5O2/c1-4-14-28-17(3)20(15-21(30)25-19-12-10-16(2)11-13-19)23(31)29-24(28)26-22(27-29)18-8-6-5-7-9-18/h4-13H,1,14-15H2,2-3H3,(H,25,30). The van der Waals surface area contributed by atoms with E-state index in [1.807, 2.05) is 73.0 Å². The van der Waals surface area contributed by atoms with Gasteiger partial charge in [-0.05, 0) is 26.0 Å². The number of fused-ring (bicyclic) bond motifs is 1. The fourth-order valence-electron chi connectivity index (χ4n) is 3.47. The summed E-state index contributed by atoms with van der Waals surface area (Å²) in [7, 11) is 0. The summed E-state index contributed by atoms with van der Waals surface area (Å²) in [5, 5.41) is 7.28. The molecule has 0 unspecified atom stereocenters. The number of carbonyl (C=O) groups excluding carboxylic acids is 1. The highest BCUT2D eigenvalue weighted by Crippen LogP contribution is 2.17. The largest absolute Gasteiger partial charge is 0.326 e. The maximum atomic E-state index is 13.2. The van der Waals surface area contributed by atoms with Crippen LogP contribution in [0.4, 0.5) is 5.69 Å². The lowest BCUT2D eigenvalue weighted by molar-refractivity contribution is -0.115. The summed E-state index contributed by atoms with van der Waals surface area (Å²) < 4.78 is 3.12. The number of amides is 1. The highest BCUT2D eigenvalue weighted by atomic mass is 16.2. The number of aromatic nitrogens is 4. The first-order valence-corrected chi connectivity index (χ1v) is 10.00. The molecule has 1 N–H and O–H groups in total. The number of nitrogens with one attached hydrogen (secondary N) is 1. The van der Waals surface area contributed by atoms with Crippen LogP contribution < -0.4 is 10.9 Å². The third-order valence-corrected chi connectivity index (χ3v) is 5.14. The molecule has 2 aromatic heterocycles. The van der Waals surface area contributed by atoms with Gasteiger partial charge in [0.2, 0.25) is 11.7 Å². The predicted molar refractivity (Wildman–Crippen MR) is 121 cm³/mol. The highest BCUT2D eigenvalue weighted by Gasteiger charge is 2.20. The average molecular weight is 413 g/mol. The third-order valence-electron chi connectivity index (χ3n) is 5.14. The highest BCUT2D eigenvalue weighted by molar-refractivity contribution is 5.92. The van der Waals surface area contributed by atoms with E-state index in [9.17, 15) is 9.59 Å². The van der Waals surface area contributed by atoms with E-state index in [1.54, 1.807) is 6.08 Å². The van der Waals surface area contributed by atoms with Gasteiger partial charge in [-0.2, -0.15) is 9.50 Å². The minimum Gasteiger partial charge on any atom is -0.326 e. The molecule has 0 saturated carbocycles. The van der Waals surface area contributed by atoms with Crippen molar-refractivity contribution in [2.24, 2.45) is 0 Å². The molecule has 0 atom stereocenters. The van der Waals surface area contributed by atoms with Crippen LogP contribution in [0.2, 0.25) is 0 Å². The van der Waals surface area contributed by atoms with Crippen LogP contribution in [0.25, 0.3) is 17.2 Å². The zero-order valence-corrected chi connectivity index (χ0v) is 17.5. The van der Waals surface area contributed by atoms with E-state index in [-0.39, 0.29) is 17.9 Å². The monoisotopic (exact) mass is 413 g/mol. The van der Waals surface area contributed by atoms with Crippen molar-refractivity contribution >= 4 is 17.4 Å². The van der Waals surface area contributed by atoms with Gasteiger partial charge in [-0.3, -0.25) is 9.59 Å². The quantitative estimate of drug-likeness (QED) is 0.490. The fraction of sp³-hybridized carbons (Fsp3) is 0.167. The molecule has 0 aliphatic rings. The van der Waals surface area contributed by atoms with Crippen molar-refractivity contribution < 1.29 is 4.79 Å². The molecule has 2 aromatic carbocycles. The minimum absolute atomic E-state index is 0.0633. The summed E-state index contributed by atoms with van der Waals surface area (Å²) in [4.78, 5) is 30.5. The molecule has 7 heteroatoms. The van der Waals surface area contributed by atoms with E-state index < -0.39 is 0 Å². The van der Waals surface area contributed by atoms with Crippen LogP contribution in [0.1, 0.15) is 16.8 Å². The smallest absolute Gasteiger partial charge is 0.279 e. The first kappa shape index (κ1) is 20.3. The molecule has 1 amide bonds. The molecule has 4 aromatic rings. The van der Waals surface area contributed by atoms with Crippen LogP contribution in [0.3, 0.4) is 0 Å². The molecule has 0 aliphatic carbocycles. The molecule has 156 valence electrons. The zero-order valence-electron chi connectivity index (χ0n) is 17.5. The van der Waals surface area contributed by atoms with Crippen LogP contribution in [-0.2, 0) is 17.8 Å². The van der Waals surface area contributed by atoms with Gasteiger partial charge in [0.25, 0.3) is 5.56 Å². The summed E-state index contributed by atoms with van der Waals surface area (Å²) in [5.41, 5.74) is 3.31. The number of anilines is 1. The van der Waals surface area contributed by atoms with Gasteiger partial charge < -0.3 is 9.88 Å². The Bertz CT molecular complexity index is 1320. The maximum absolute atomic E-state index is 13.2. The minimum atomic E-state index is -0.346. The number of rotatable bonds is 6. The van der Waals surface area contributed by atoms with E-state index in [2.05, 4.69) is 22.0 Å². The number of hydrogen-bond acceptors (Lipinski definition) is 4. The molecule has 2 heterocycles. The lowest BCUT2D eigenvalue weighted by Crippen LogP contribution is -2.29. The van der Waals surface area contributed by atoms with Crippen molar-refractivity contribution in [3.63, 3.8) is 0 Å². The third kappa shape index (κ3) is 4.02. The Kier molecular flexibility index (Phi) is 5.49. The summed E-state index contributed by atoms with van der Waals surface area (Å²) in [6, 6.07) is 17.0. The van der Waals surface area contributed by atoms with Gasteiger partial charge in [0.15, 0.2) is 5.82 Å². The normalized spacial score (nSPS) is 10.9. The SMILES string of the molecule is C=CCn1c(C)c(CC(=O)Nc2ccc(C)cc2)c(=O)n2nc(-c3ccccc3)nc12. The van der Waals surface area contributed by atoms with Gasteiger partial charge in [0, 0.05) is 29.1 Å². The van der Waals surface area contributed by atoms with Crippen molar-refractivity contribution in [2.75, 3.05) is 5.32 Å². The Balaban J connectivity index is 1.76. The lowest BCUT2D eigenvalue weighted by Gasteiger charge is -2.14. The maximum Gasteiger partial charge on any atom is 0.279 e. The van der Waals surface area contributed by atoms with Crippen LogP contribution in [0.5, 0.6) is 0 Å². The van der Waals surface area contributed by atoms with Gasteiger partial charge in [-0.1, -0.05) is 54.1 Å². The molecule has 0 saturated heterocycles. The molecule has 0 fully saturated rings. The van der Waals surface area contributed by atoms with Crippen LogP contribution in [0, 0.1) is 13.8 Å².